The number of nitrogens with zero attached hydrogens (tertiary/aromatic N) is 2. The number of methoxy groups -OCH3 is 1. The summed E-state index contributed by atoms with van der Waals surface area (Å²) >= 11 is 6.39. The molecule has 0 spiro atoms. The summed E-state index contributed by atoms with van der Waals surface area (Å²) in [6.07, 6.45) is 0. The summed E-state index contributed by atoms with van der Waals surface area (Å²) < 4.78 is 5.19. The first-order chi connectivity index (χ1) is 12.9. The molecule has 0 radical (unpaired) electrons. The summed E-state index contributed by atoms with van der Waals surface area (Å²) in [6, 6.07) is 13.8. The Balaban J connectivity index is 1.76. The number of hydrogen-bond donors (Lipinski definition) is 2. The molecule has 2 aromatic carbocycles. The van der Waals surface area contributed by atoms with Crippen molar-refractivity contribution in [1.29, 1.82) is 0 Å². The van der Waals surface area contributed by atoms with Gasteiger partial charge in [-0.15, -0.1) is 0 Å². The molecule has 6 heteroatoms. The van der Waals surface area contributed by atoms with E-state index in [9.17, 15) is 0 Å². The van der Waals surface area contributed by atoms with Crippen LogP contribution in [-0.4, -0.2) is 17.1 Å². The lowest BCUT2D eigenvalue weighted by molar-refractivity contribution is 0.414. The fourth-order valence-corrected chi connectivity index (χ4v) is 3.21. The molecule has 3 rings (SSSR count). The molecule has 3 aromatic rings. The van der Waals surface area contributed by atoms with Crippen LogP contribution >= 0.6 is 11.6 Å². The summed E-state index contributed by atoms with van der Waals surface area (Å²) in [4.78, 5) is 9.04. The topological polar surface area (TPSA) is 59.1 Å². The molecule has 1 aromatic heterocycles. The molecule has 0 saturated heterocycles. The van der Waals surface area contributed by atoms with E-state index < -0.39 is 0 Å². The smallest absolute Gasteiger partial charge is 0.229 e. The Labute approximate surface area is 164 Å². The molecule has 0 aliphatic rings. The van der Waals surface area contributed by atoms with Crippen molar-refractivity contribution < 1.29 is 4.74 Å². The highest BCUT2D eigenvalue weighted by molar-refractivity contribution is 6.33. The molecule has 5 nitrogen and oxygen atoms in total. The number of anilines is 3. The summed E-state index contributed by atoms with van der Waals surface area (Å²) in [5.74, 6) is 2.11. The maximum Gasteiger partial charge on any atom is 0.229 e. The number of hydrogen-bond acceptors (Lipinski definition) is 5. The van der Waals surface area contributed by atoms with E-state index in [-0.39, 0.29) is 0 Å². The lowest BCUT2D eigenvalue weighted by Gasteiger charge is -2.13. The van der Waals surface area contributed by atoms with Crippen LogP contribution in [0.2, 0.25) is 5.02 Å². The Bertz CT molecular complexity index is 918. The molecule has 0 atom stereocenters. The minimum atomic E-state index is 0.515. The third-order valence-corrected chi connectivity index (χ3v) is 4.45. The quantitative estimate of drug-likeness (QED) is 0.596. The zero-order valence-electron chi connectivity index (χ0n) is 15.9. The molecular weight excluding hydrogens is 360 g/mol. The molecule has 140 valence electrons. The highest BCUT2D eigenvalue weighted by Gasteiger charge is 2.09. The Hall–Kier alpha value is -2.79. The number of benzene rings is 2. The number of rotatable bonds is 6. The second-order valence-electron chi connectivity index (χ2n) is 6.48. The standard InChI is InChI=1S/C21H23ClN4O/c1-13-9-14(2)20(18(22)10-13)26-21-24-15(3)11-19(25-21)23-12-16-5-7-17(27-4)8-6-16/h5-11H,12H2,1-4H3,(H2,23,24,25,26). The second kappa shape index (κ2) is 8.27. The molecular formula is C21H23ClN4O. The van der Waals surface area contributed by atoms with Gasteiger partial charge in [0.2, 0.25) is 5.95 Å². The molecule has 0 bridgehead atoms. The van der Waals surface area contributed by atoms with Gasteiger partial charge < -0.3 is 15.4 Å². The summed E-state index contributed by atoms with van der Waals surface area (Å²) in [6.45, 7) is 6.63. The predicted molar refractivity (Wildman–Crippen MR) is 111 cm³/mol. The summed E-state index contributed by atoms with van der Waals surface area (Å²) in [5, 5.41) is 7.25. The molecule has 0 fully saturated rings. The maximum absolute atomic E-state index is 6.39. The predicted octanol–water partition coefficient (Wildman–Crippen LogP) is 5.42. The van der Waals surface area contributed by atoms with Crippen molar-refractivity contribution in [1.82, 2.24) is 9.97 Å². The largest absolute Gasteiger partial charge is 0.497 e. The van der Waals surface area contributed by atoms with E-state index in [1.54, 1.807) is 7.11 Å². The van der Waals surface area contributed by atoms with Gasteiger partial charge in [-0.25, -0.2) is 4.98 Å². The highest BCUT2D eigenvalue weighted by atomic mass is 35.5. The van der Waals surface area contributed by atoms with Gasteiger partial charge in [-0.1, -0.05) is 29.8 Å². The highest BCUT2D eigenvalue weighted by Crippen LogP contribution is 2.29. The fraction of sp³-hybridized carbons (Fsp3) is 0.238. The number of ether oxygens (including phenoxy) is 1. The summed E-state index contributed by atoms with van der Waals surface area (Å²) in [7, 11) is 1.66. The minimum absolute atomic E-state index is 0.515. The van der Waals surface area contributed by atoms with E-state index in [4.69, 9.17) is 16.3 Å². The van der Waals surface area contributed by atoms with Gasteiger partial charge in [0.15, 0.2) is 0 Å². The van der Waals surface area contributed by atoms with Gasteiger partial charge in [0, 0.05) is 18.3 Å². The van der Waals surface area contributed by atoms with E-state index in [1.807, 2.05) is 57.2 Å². The van der Waals surface area contributed by atoms with Crippen molar-refractivity contribution >= 4 is 29.1 Å². The van der Waals surface area contributed by atoms with E-state index in [1.165, 1.54) is 0 Å². The van der Waals surface area contributed by atoms with Crippen molar-refractivity contribution in [2.24, 2.45) is 0 Å². The Morgan fingerprint density at radius 2 is 1.74 bits per heavy atom. The van der Waals surface area contributed by atoms with Gasteiger partial charge in [0.1, 0.15) is 11.6 Å². The molecule has 27 heavy (non-hydrogen) atoms. The first-order valence-corrected chi connectivity index (χ1v) is 9.08. The molecule has 0 aliphatic heterocycles. The molecule has 2 N–H and O–H groups in total. The first-order valence-electron chi connectivity index (χ1n) is 8.71. The van der Waals surface area contributed by atoms with Crippen LogP contribution in [0.5, 0.6) is 5.75 Å². The van der Waals surface area contributed by atoms with Crippen LogP contribution in [0.25, 0.3) is 0 Å². The molecule has 0 unspecified atom stereocenters. The monoisotopic (exact) mass is 382 g/mol. The number of nitrogens with one attached hydrogen (secondary N) is 2. The molecule has 0 saturated carbocycles. The van der Waals surface area contributed by atoms with Crippen LogP contribution in [-0.2, 0) is 6.54 Å². The SMILES string of the molecule is COc1ccc(CNc2cc(C)nc(Nc3c(C)cc(C)cc3Cl)n2)cc1. The van der Waals surface area contributed by atoms with Crippen LogP contribution in [0, 0.1) is 20.8 Å². The second-order valence-corrected chi connectivity index (χ2v) is 6.89. The average Bonchev–Trinajstić information content (AvgIpc) is 2.63. The summed E-state index contributed by atoms with van der Waals surface area (Å²) in [5.41, 5.74) is 5.01. The Kier molecular flexibility index (Phi) is 5.81. The maximum atomic E-state index is 6.39. The van der Waals surface area contributed by atoms with Crippen molar-refractivity contribution in [3.8, 4) is 5.75 Å². The number of halogens is 1. The lowest BCUT2D eigenvalue weighted by Crippen LogP contribution is -2.06. The van der Waals surface area contributed by atoms with Crippen molar-refractivity contribution in [2.75, 3.05) is 17.7 Å². The van der Waals surface area contributed by atoms with Gasteiger partial charge in [0.25, 0.3) is 0 Å². The van der Waals surface area contributed by atoms with Crippen LogP contribution in [0.15, 0.2) is 42.5 Å². The minimum Gasteiger partial charge on any atom is -0.497 e. The van der Waals surface area contributed by atoms with Crippen LogP contribution < -0.4 is 15.4 Å². The van der Waals surface area contributed by atoms with Crippen LogP contribution in [0.4, 0.5) is 17.5 Å². The normalized spacial score (nSPS) is 10.6. The van der Waals surface area contributed by atoms with Crippen molar-refractivity contribution in [3.63, 3.8) is 0 Å². The van der Waals surface area contributed by atoms with E-state index in [0.29, 0.717) is 17.5 Å². The van der Waals surface area contributed by atoms with Gasteiger partial charge >= 0.3 is 0 Å². The molecule has 0 aliphatic carbocycles. The third kappa shape index (κ3) is 4.89. The van der Waals surface area contributed by atoms with Gasteiger partial charge in [-0.05, 0) is 55.7 Å². The van der Waals surface area contributed by atoms with E-state index >= 15 is 0 Å². The van der Waals surface area contributed by atoms with Gasteiger partial charge in [-0.2, -0.15) is 4.98 Å². The van der Waals surface area contributed by atoms with Crippen molar-refractivity contribution in [2.45, 2.75) is 27.3 Å². The average molecular weight is 383 g/mol. The van der Waals surface area contributed by atoms with Crippen molar-refractivity contribution in [3.05, 3.63) is 69.9 Å². The first kappa shape index (κ1) is 19.0. The van der Waals surface area contributed by atoms with E-state index in [2.05, 4.69) is 26.7 Å². The third-order valence-electron chi connectivity index (χ3n) is 4.16. The molecule has 0 amide bonds. The Morgan fingerprint density at radius 1 is 1.00 bits per heavy atom. The number of aryl methyl sites for hydroxylation is 3. The Morgan fingerprint density at radius 3 is 2.41 bits per heavy atom. The zero-order valence-corrected chi connectivity index (χ0v) is 16.7. The van der Waals surface area contributed by atoms with Crippen LogP contribution in [0.1, 0.15) is 22.4 Å². The van der Waals surface area contributed by atoms with Gasteiger partial charge in [0.05, 0.1) is 17.8 Å². The van der Waals surface area contributed by atoms with Crippen LogP contribution in [0.3, 0.4) is 0 Å². The van der Waals surface area contributed by atoms with E-state index in [0.717, 1.165) is 39.6 Å². The fourth-order valence-electron chi connectivity index (χ4n) is 2.84. The van der Waals surface area contributed by atoms with Gasteiger partial charge in [-0.3, -0.25) is 0 Å². The lowest BCUT2D eigenvalue weighted by atomic mass is 10.1. The molecule has 1 heterocycles. The number of aromatic nitrogens is 2. The zero-order chi connectivity index (χ0) is 19.4.